The number of fused-ring (bicyclic) bond motifs is 1. The fraction of sp³-hybridized carbons (Fsp3) is 0.133. The number of nitrogens with zero attached hydrogens (tertiary/aromatic N) is 2. The maximum Gasteiger partial charge on any atom is 0.321 e. The maximum absolute atomic E-state index is 11.9. The summed E-state index contributed by atoms with van der Waals surface area (Å²) in [6.07, 6.45) is 1.64. The first kappa shape index (κ1) is 14.3. The number of pyridine rings is 1. The van der Waals surface area contributed by atoms with E-state index in [-0.39, 0.29) is 6.03 Å². The summed E-state index contributed by atoms with van der Waals surface area (Å²) in [7, 11) is 1.55. The van der Waals surface area contributed by atoms with Crippen molar-refractivity contribution in [2.24, 2.45) is 0 Å². The number of nitrogens with one attached hydrogen (secondary N) is 2. The summed E-state index contributed by atoms with van der Waals surface area (Å²) in [4.78, 5) is 20.4. The number of aromatic nitrogens is 2. The highest BCUT2D eigenvalue weighted by Crippen LogP contribution is 2.25. The summed E-state index contributed by atoms with van der Waals surface area (Å²) >= 11 is 1.43. The molecule has 2 N–H and O–H groups in total. The van der Waals surface area contributed by atoms with Gasteiger partial charge in [0.2, 0.25) is 5.88 Å². The molecule has 22 heavy (non-hydrogen) atoms. The molecule has 3 aromatic rings. The van der Waals surface area contributed by atoms with E-state index in [1.807, 2.05) is 30.3 Å². The van der Waals surface area contributed by atoms with Crippen LogP contribution >= 0.6 is 11.3 Å². The van der Waals surface area contributed by atoms with Crippen LogP contribution in [0, 0.1) is 0 Å². The van der Waals surface area contributed by atoms with Crippen molar-refractivity contribution < 1.29 is 9.53 Å². The van der Waals surface area contributed by atoms with Crippen molar-refractivity contribution in [1.29, 1.82) is 0 Å². The van der Waals surface area contributed by atoms with Crippen LogP contribution in [-0.4, -0.2) is 23.1 Å². The largest absolute Gasteiger partial charge is 0.481 e. The number of urea groups is 1. The van der Waals surface area contributed by atoms with E-state index in [1.165, 1.54) is 11.3 Å². The number of carbonyl (C=O) groups is 1. The predicted molar refractivity (Wildman–Crippen MR) is 86.3 cm³/mol. The molecule has 0 fully saturated rings. The van der Waals surface area contributed by atoms with Crippen molar-refractivity contribution in [3.63, 3.8) is 0 Å². The Morgan fingerprint density at radius 1 is 1.27 bits per heavy atom. The number of ether oxygens (including phenoxy) is 1. The molecule has 7 heteroatoms. The van der Waals surface area contributed by atoms with E-state index < -0.39 is 0 Å². The molecule has 3 rings (SSSR count). The van der Waals surface area contributed by atoms with E-state index in [0.717, 1.165) is 15.8 Å². The van der Waals surface area contributed by atoms with E-state index in [0.29, 0.717) is 17.6 Å². The normalized spacial score (nSPS) is 10.4. The molecule has 0 spiro atoms. The van der Waals surface area contributed by atoms with Crippen LogP contribution in [0.1, 0.15) is 5.56 Å². The molecule has 0 saturated carbocycles. The van der Waals surface area contributed by atoms with Gasteiger partial charge in [-0.15, -0.1) is 0 Å². The fourth-order valence-corrected chi connectivity index (χ4v) is 2.85. The lowest BCUT2D eigenvalue weighted by atomic mass is 10.3. The van der Waals surface area contributed by atoms with Gasteiger partial charge in [0.15, 0.2) is 5.13 Å². The topological polar surface area (TPSA) is 76.1 Å². The number of hydrogen-bond donors (Lipinski definition) is 2. The Labute approximate surface area is 131 Å². The van der Waals surface area contributed by atoms with Crippen molar-refractivity contribution in [2.75, 3.05) is 12.4 Å². The van der Waals surface area contributed by atoms with Gasteiger partial charge in [-0.2, -0.15) is 0 Å². The summed E-state index contributed by atoms with van der Waals surface area (Å²) in [5.74, 6) is 0.503. The molecule has 0 unspecified atom stereocenters. The Kier molecular flexibility index (Phi) is 4.15. The number of para-hydroxylation sites is 1. The van der Waals surface area contributed by atoms with Gasteiger partial charge in [0.05, 0.1) is 17.3 Å². The molecule has 0 saturated heterocycles. The monoisotopic (exact) mass is 314 g/mol. The van der Waals surface area contributed by atoms with Crippen molar-refractivity contribution >= 4 is 32.7 Å². The average Bonchev–Trinajstić information content (AvgIpc) is 2.95. The molecule has 2 amide bonds. The third kappa shape index (κ3) is 3.15. The predicted octanol–water partition coefficient (Wildman–Crippen LogP) is 3.02. The van der Waals surface area contributed by atoms with Gasteiger partial charge in [-0.3, -0.25) is 5.32 Å². The van der Waals surface area contributed by atoms with Crippen LogP contribution < -0.4 is 15.4 Å². The number of hydrogen-bond acceptors (Lipinski definition) is 5. The molecule has 0 atom stereocenters. The van der Waals surface area contributed by atoms with Crippen LogP contribution in [0.4, 0.5) is 9.93 Å². The van der Waals surface area contributed by atoms with E-state index in [2.05, 4.69) is 20.6 Å². The Morgan fingerprint density at radius 3 is 2.95 bits per heavy atom. The first-order chi connectivity index (χ1) is 10.8. The van der Waals surface area contributed by atoms with Gasteiger partial charge in [0.1, 0.15) is 0 Å². The minimum absolute atomic E-state index is 0.315. The van der Waals surface area contributed by atoms with Gasteiger partial charge in [-0.05, 0) is 18.2 Å². The highest BCUT2D eigenvalue weighted by molar-refractivity contribution is 7.22. The van der Waals surface area contributed by atoms with E-state index in [1.54, 1.807) is 19.4 Å². The summed E-state index contributed by atoms with van der Waals surface area (Å²) in [5.41, 5.74) is 1.68. The van der Waals surface area contributed by atoms with Crippen LogP contribution in [0.3, 0.4) is 0 Å². The second-order valence-corrected chi connectivity index (χ2v) is 5.50. The summed E-state index contributed by atoms with van der Waals surface area (Å²) in [6.45, 7) is 0.327. The Bertz CT molecular complexity index is 770. The minimum Gasteiger partial charge on any atom is -0.481 e. The van der Waals surface area contributed by atoms with E-state index in [9.17, 15) is 4.79 Å². The molecular formula is C15H14N4O2S. The lowest BCUT2D eigenvalue weighted by molar-refractivity contribution is 0.251. The number of amides is 2. The van der Waals surface area contributed by atoms with Gasteiger partial charge in [-0.1, -0.05) is 29.5 Å². The zero-order valence-electron chi connectivity index (χ0n) is 11.9. The first-order valence-corrected chi connectivity index (χ1v) is 7.46. The molecule has 0 aliphatic rings. The van der Waals surface area contributed by atoms with Crippen molar-refractivity contribution in [3.05, 3.63) is 48.2 Å². The fourth-order valence-electron chi connectivity index (χ4n) is 1.98. The smallest absolute Gasteiger partial charge is 0.321 e. The van der Waals surface area contributed by atoms with Crippen LogP contribution in [0.2, 0.25) is 0 Å². The lowest BCUT2D eigenvalue weighted by Crippen LogP contribution is -2.28. The van der Waals surface area contributed by atoms with Gasteiger partial charge < -0.3 is 10.1 Å². The van der Waals surface area contributed by atoms with Gasteiger partial charge in [-0.25, -0.2) is 14.8 Å². The van der Waals surface area contributed by atoms with Gasteiger partial charge >= 0.3 is 6.03 Å². The first-order valence-electron chi connectivity index (χ1n) is 6.64. The molecule has 0 bridgehead atoms. The molecular weight excluding hydrogens is 300 g/mol. The van der Waals surface area contributed by atoms with Crippen LogP contribution in [0.25, 0.3) is 10.2 Å². The maximum atomic E-state index is 11.9. The summed E-state index contributed by atoms with van der Waals surface area (Å²) in [5, 5.41) is 6.06. The average molecular weight is 314 g/mol. The van der Waals surface area contributed by atoms with E-state index >= 15 is 0 Å². The molecule has 0 aliphatic carbocycles. The van der Waals surface area contributed by atoms with Crippen LogP contribution in [0.5, 0.6) is 5.88 Å². The van der Waals surface area contributed by atoms with Crippen molar-refractivity contribution in [2.45, 2.75) is 6.54 Å². The summed E-state index contributed by atoms with van der Waals surface area (Å²) < 4.78 is 6.18. The number of rotatable bonds is 4. The zero-order valence-corrected chi connectivity index (χ0v) is 12.7. The Hall–Kier alpha value is -2.67. The Balaban J connectivity index is 1.62. The molecule has 2 aromatic heterocycles. The molecule has 0 radical (unpaired) electrons. The van der Waals surface area contributed by atoms with E-state index in [4.69, 9.17) is 4.74 Å². The van der Waals surface area contributed by atoms with Crippen molar-refractivity contribution in [1.82, 2.24) is 15.3 Å². The minimum atomic E-state index is -0.315. The van der Waals surface area contributed by atoms with Crippen molar-refractivity contribution in [3.8, 4) is 5.88 Å². The zero-order chi connectivity index (χ0) is 15.4. The molecule has 0 aliphatic heterocycles. The number of benzene rings is 1. The Morgan fingerprint density at radius 2 is 2.14 bits per heavy atom. The number of thiazole rings is 1. The molecule has 112 valence electrons. The molecule has 1 aromatic carbocycles. The summed E-state index contributed by atoms with van der Waals surface area (Å²) in [6, 6.07) is 11.1. The van der Waals surface area contributed by atoms with Gasteiger partial charge in [0, 0.05) is 18.3 Å². The van der Waals surface area contributed by atoms with Gasteiger partial charge in [0.25, 0.3) is 0 Å². The lowest BCUT2D eigenvalue weighted by Gasteiger charge is -2.08. The third-order valence-electron chi connectivity index (χ3n) is 3.00. The van der Waals surface area contributed by atoms with Crippen LogP contribution in [0.15, 0.2) is 42.6 Å². The van der Waals surface area contributed by atoms with Crippen LogP contribution in [-0.2, 0) is 6.54 Å². The highest BCUT2D eigenvalue weighted by Gasteiger charge is 2.09. The quantitative estimate of drug-likeness (QED) is 0.776. The SMILES string of the molecule is COc1ncccc1CNC(=O)Nc1nc2ccccc2s1. The second-order valence-electron chi connectivity index (χ2n) is 4.47. The highest BCUT2D eigenvalue weighted by atomic mass is 32.1. The number of methoxy groups -OCH3 is 1. The number of anilines is 1. The molecule has 2 heterocycles. The number of carbonyl (C=O) groups excluding carboxylic acids is 1. The standard InChI is InChI=1S/C15H14N4O2S/c1-21-13-10(5-4-8-16-13)9-17-14(20)19-15-18-11-6-2-3-7-12(11)22-15/h2-8H,9H2,1H3,(H2,17,18,19,20). The second kappa shape index (κ2) is 6.40. The third-order valence-corrected chi connectivity index (χ3v) is 3.95. The molecule has 6 nitrogen and oxygen atoms in total.